The van der Waals surface area contributed by atoms with Gasteiger partial charge in [0.2, 0.25) is 0 Å². The van der Waals surface area contributed by atoms with Gasteiger partial charge < -0.3 is 11.1 Å². The largest absolute Gasteiger partial charge is 0.348 e. The zero-order chi connectivity index (χ0) is 13.7. The summed E-state index contributed by atoms with van der Waals surface area (Å²) in [6.07, 6.45) is 6.66. The third-order valence-corrected chi connectivity index (χ3v) is 3.89. The Balaban J connectivity index is 0.00000200. The van der Waals surface area contributed by atoms with Crippen LogP contribution in [-0.2, 0) is 12.8 Å². The van der Waals surface area contributed by atoms with Crippen molar-refractivity contribution in [1.29, 1.82) is 0 Å². The van der Waals surface area contributed by atoms with Crippen molar-refractivity contribution in [3.05, 3.63) is 34.9 Å². The van der Waals surface area contributed by atoms with Crippen molar-refractivity contribution in [3.8, 4) is 0 Å². The quantitative estimate of drug-likeness (QED) is 0.848. The number of amides is 1. The number of unbranched alkanes of at least 4 members (excludes halogenated alkanes) is 1. The van der Waals surface area contributed by atoms with Crippen LogP contribution in [0.2, 0.25) is 0 Å². The lowest BCUT2D eigenvalue weighted by Gasteiger charge is -2.16. The van der Waals surface area contributed by atoms with Crippen LogP contribution in [0.15, 0.2) is 18.2 Å². The molecule has 1 aliphatic carbocycles. The maximum Gasteiger partial charge on any atom is 0.251 e. The molecule has 1 aliphatic rings. The molecule has 2 rings (SSSR count). The highest BCUT2D eigenvalue weighted by molar-refractivity contribution is 5.94. The first-order valence-corrected chi connectivity index (χ1v) is 7.37. The molecule has 0 fully saturated rings. The van der Waals surface area contributed by atoms with Crippen molar-refractivity contribution in [3.63, 3.8) is 0 Å². The maximum atomic E-state index is 12.2. The van der Waals surface area contributed by atoms with E-state index in [1.54, 1.807) is 0 Å². The average molecular weight is 297 g/mol. The predicted octanol–water partition coefficient (Wildman–Crippen LogP) is 2.84. The van der Waals surface area contributed by atoms with Gasteiger partial charge in [-0.3, -0.25) is 4.79 Å². The molecule has 0 heterocycles. The first kappa shape index (κ1) is 17.0. The minimum Gasteiger partial charge on any atom is -0.348 e. The fourth-order valence-corrected chi connectivity index (χ4v) is 2.68. The van der Waals surface area contributed by atoms with Gasteiger partial charge in [0.25, 0.3) is 5.91 Å². The van der Waals surface area contributed by atoms with Crippen LogP contribution in [0.4, 0.5) is 0 Å². The lowest BCUT2D eigenvalue weighted by atomic mass is 10.0. The van der Waals surface area contributed by atoms with E-state index < -0.39 is 0 Å². The van der Waals surface area contributed by atoms with Gasteiger partial charge >= 0.3 is 0 Å². The van der Waals surface area contributed by atoms with Crippen LogP contribution in [0, 0.1) is 0 Å². The fraction of sp³-hybridized carbons (Fsp3) is 0.562. The molecule has 1 aromatic rings. The highest BCUT2D eigenvalue weighted by Crippen LogP contribution is 2.22. The molecule has 1 aromatic carbocycles. The smallest absolute Gasteiger partial charge is 0.251 e. The summed E-state index contributed by atoms with van der Waals surface area (Å²) >= 11 is 0. The van der Waals surface area contributed by atoms with Gasteiger partial charge in [0.15, 0.2) is 0 Å². The van der Waals surface area contributed by atoms with E-state index in [2.05, 4.69) is 18.3 Å². The van der Waals surface area contributed by atoms with Gasteiger partial charge in [-0.15, -0.1) is 12.4 Å². The SMILES string of the molecule is CCCCC(CN)NC(=O)c1ccc2c(c1)CCC2.Cl. The zero-order valence-electron chi connectivity index (χ0n) is 12.2. The minimum absolute atomic E-state index is 0. The molecule has 112 valence electrons. The molecule has 0 aliphatic heterocycles. The zero-order valence-corrected chi connectivity index (χ0v) is 13.0. The van der Waals surface area contributed by atoms with Crippen molar-refractivity contribution in [1.82, 2.24) is 5.32 Å². The molecule has 3 N–H and O–H groups in total. The summed E-state index contributed by atoms with van der Waals surface area (Å²) in [5.41, 5.74) is 9.23. The molecule has 3 nitrogen and oxygen atoms in total. The van der Waals surface area contributed by atoms with Crippen molar-refractivity contribution in [2.75, 3.05) is 6.54 Å². The molecule has 1 atom stereocenters. The topological polar surface area (TPSA) is 55.1 Å². The number of hydrogen-bond acceptors (Lipinski definition) is 2. The third-order valence-electron chi connectivity index (χ3n) is 3.89. The Kier molecular flexibility index (Phi) is 7.03. The second-order valence-corrected chi connectivity index (χ2v) is 5.39. The van der Waals surface area contributed by atoms with E-state index in [1.807, 2.05) is 12.1 Å². The maximum absolute atomic E-state index is 12.2. The summed E-state index contributed by atoms with van der Waals surface area (Å²) in [6.45, 7) is 2.66. The van der Waals surface area contributed by atoms with E-state index in [0.29, 0.717) is 6.54 Å². The molecular weight excluding hydrogens is 272 g/mol. The summed E-state index contributed by atoms with van der Waals surface area (Å²) in [6, 6.07) is 6.18. The van der Waals surface area contributed by atoms with Crippen LogP contribution in [0.25, 0.3) is 0 Å². The van der Waals surface area contributed by atoms with Crippen LogP contribution >= 0.6 is 12.4 Å². The number of aryl methyl sites for hydroxylation is 2. The summed E-state index contributed by atoms with van der Waals surface area (Å²) in [5, 5.41) is 3.05. The van der Waals surface area contributed by atoms with Crippen molar-refractivity contribution in [2.24, 2.45) is 5.73 Å². The number of nitrogens with one attached hydrogen (secondary N) is 1. The Hall–Kier alpha value is -1.06. The van der Waals surface area contributed by atoms with Crippen molar-refractivity contribution >= 4 is 18.3 Å². The summed E-state index contributed by atoms with van der Waals surface area (Å²) < 4.78 is 0. The predicted molar refractivity (Wildman–Crippen MR) is 85.5 cm³/mol. The lowest BCUT2D eigenvalue weighted by Crippen LogP contribution is -2.40. The number of carbonyl (C=O) groups excluding carboxylic acids is 1. The summed E-state index contributed by atoms with van der Waals surface area (Å²) in [4.78, 5) is 12.2. The summed E-state index contributed by atoms with van der Waals surface area (Å²) in [7, 11) is 0. The Bertz CT molecular complexity index is 448. The van der Waals surface area contributed by atoms with Gasteiger partial charge in [-0.2, -0.15) is 0 Å². The fourth-order valence-electron chi connectivity index (χ4n) is 2.68. The highest BCUT2D eigenvalue weighted by Gasteiger charge is 2.16. The number of halogens is 1. The number of fused-ring (bicyclic) bond motifs is 1. The van der Waals surface area contributed by atoms with E-state index in [-0.39, 0.29) is 24.4 Å². The molecule has 0 saturated heterocycles. The van der Waals surface area contributed by atoms with Crippen LogP contribution in [-0.4, -0.2) is 18.5 Å². The Morgan fingerprint density at radius 3 is 2.80 bits per heavy atom. The Labute approximate surface area is 127 Å². The van der Waals surface area contributed by atoms with Gasteiger partial charge in [-0.25, -0.2) is 0 Å². The molecule has 1 amide bonds. The van der Waals surface area contributed by atoms with Crippen LogP contribution in [0.5, 0.6) is 0 Å². The molecule has 0 saturated carbocycles. The molecule has 0 aromatic heterocycles. The third kappa shape index (κ3) is 4.22. The molecular formula is C16H25ClN2O. The Morgan fingerprint density at radius 2 is 2.10 bits per heavy atom. The highest BCUT2D eigenvalue weighted by atomic mass is 35.5. The number of benzene rings is 1. The number of hydrogen-bond donors (Lipinski definition) is 2. The van der Waals surface area contributed by atoms with E-state index in [9.17, 15) is 4.79 Å². The average Bonchev–Trinajstić information content (AvgIpc) is 2.90. The van der Waals surface area contributed by atoms with E-state index in [0.717, 1.165) is 37.7 Å². The van der Waals surface area contributed by atoms with Crippen molar-refractivity contribution < 1.29 is 4.79 Å². The van der Waals surface area contributed by atoms with Gasteiger partial charge in [0, 0.05) is 18.2 Å². The van der Waals surface area contributed by atoms with Crippen molar-refractivity contribution in [2.45, 2.75) is 51.5 Å². The lowest BCUT2D eigenvalue weighted by molar-refractivity contribution is 0.0935. The van der Waals surface area contributed by atoms with Gasteiger partial charge in [-0.05, 0) is 48.9 Å². The standard InChI is InChI=1S/C16H24N2O.ClH/c1-2-3-7-15(11-17)18-16(19)14-9-8-12-5-4-6-13(12)10-14;/h8-10,15H,2-7,11,17H2,1H3,(H,18,19);1H. The van der Waals surface area contributed by atoms with Gasteiger partial charge in [0.1, 0.15) is 0 Å². The second-order valence-electron chi connectivity index (χ2n) is 5.39. The van der Waals surface area contributed by atoms with E-state index >= 15 is 0 Å². The van der Waals surface area contributed by atoms with Crippen LogP contribution < -0.4 is 11.1 Å². The number of nitrogens with two attached hydrogens (primary N) is 1. The molecule has 0 spiro atoms. The van der Waals surface area contributed by atoms with Gasteiger partial charge in [-0.1, -0.05) is 25.8 Å². The summed E-state index contributed by atoms with van der Waals surface area (Å²) in [5.74, 6) is 0.0150. The van der Waals surface area contributed by atoms with E-state index in [4.69, 9.17) is 5.73 Å². The monoisotopic (exact) mass is 296 g/mol. The molecule has 1 unspecified atom stereocenters. The Morgan fingerprint density at radius 1 is 1.35 bits per heavy atom. The number of carbonyl (C=O) groups is 1. The first-order valence-electron chi connectivity index (χ1n) is 7.37. The second kappa shape index (κ2) is 8.28. The molecule has 0 bridgehead atoms. The molecule has 0 radical (unpaired) electrons. The number of rotatable bonds is 6. The first-order chi connectivity index (χ1) is 9.24. The molecule has 4 heteroatoms. The van der Waals surface area contributed by atoms with E-state index in [1.165, 1.54) is 17.5 Å². The van der Waals surface area contributed by atoms with Crippen LogP contribution in [0.3, 0.4) is 0 Å². The van der Waals surface area contributed by atoms with Gasteiger partial charge in [0.05, 0.1) is 0 Å². The molecule has 20 heavy (non-hydrogen) atoms. The normalized spacial score (nSPS) is 14.3. The van der Waals surface area contributed by atoms with Crippen LogP contribution in [0.1, 0.15) is 54.1 Å². The minimum atomic E-state index is 0.